The number of nitrogens with zero attached hydrogens (tertiary/aromatic N) is 2. The summed E-state index contributed by atoms with van der Waals surface area (Å²) in [4.78, 5) is 6.68. The maximum Gasteiger partial charge on any atom is 0.153 e. The van der Waals surface area contributed by atoms with Crippen LogP contribution in [-0.2, 0) is 0 Å². The highest BCUT2D eigenvalue weighted by Gasteiger charge is 2.20. The zero-order valence-electron chi connectivity index (χ0n) is 23.8. The van der Waals surface area contributed by atoms with Crippen LogP contribution in [0.1, 0.15) is 0 Å². The first-order valence-electron chi connectivity index (χ1n) is 14.9. The van der Waals surface area contributed by atoms with Crippen molar-refractivity contribution in [2.45, 2.75) is 0 Å². The summed E-state index contributed by atoms with van der Waals surface area (Å²) in [7, 11) is 0. The van der Waals surface area contributed by atoms with E-state index in [4.69, 9.17) is 4.42 Å². The Morgan fingerprint density at radius 3 is 1.77 bits per heavy atom. The van der Waals surface area contributed by atoms with Crippen molar-refractivity contribution in [1.82, 2.24) is 4.98 Å². The molecule has 9 aromatic rings. The van der Waals surface area contributed by atoms with Crippen LogP contribution < -0.4 is 4.90 Å². The van der Waals surface area contributed by atoms with Crippen molar-refractivity contribution in [3.63, 3.8) is 0 Å². The van der Waals surface area contributed by atoms with Gasteiger partial charge in [-0.2, -0.15) is 0 Å². The zero-order chi connectivity index (χ0) is 29.0. The van der Waals surface area contributed by atoms with Crippen molar-refractivity contribution in [2.75, 3.05) is 4.90 Å². The normalized spacial score (nSPS) is 11.6. The van der Waals surface area contributed by atoms with E-state index < -0.39 is 0 Å². The SMILES string of the molecule is c1ccc(-c2ccc(N(c3ccc4c5ccccc5c5ccccc5c4c3)c3cccc4oc5cnccc5c34)cc2)cc1. The van der Waals surface area contributed by atoms with Gasteiger partial charge in [-0.25, -0.2) is 0 Å². The van der Waals surface area contributed by atoms with Gasteiger partial charge < -0.3 is 9.32 Å². The maximum absolute atomic E-state index is 6.28. The summed E-state index contributed by atoms with van der Waals surface area (Å²) in [6, 6.07) is 52.0. The van der Waals surface area contributed by atoms with Crippen molar-refractivity contribution < 1.29 is 4.42 Å². The molecule has 0 atom stereocenters. The summed E-state index contributed by atoms with van der Waals surface area (Å²) < 4.78 is 6.28. The van der Waals surface area contributed by atoms with Crippen LogP contribution in [0.4, 0.5) is 17.1 Å². The number of benzene rings is 7. The Hall–Kier alpha value is -5.93. The topological polar surface area (TPSA) is 29.3 Å². The first-order chi connectivity index (χ1) is 21.8. The molecule has 0 N–H and O–H groups in total. The average Bonchev–Trinajstić information content (AvgIpc) is 3.49. The Kier molecular flexibility index (Phi) is 5.50. The smallest absolute Gasteiger partial charge is 0.153 e. The molecule has 0 aliphatic rings. The summed E-state index contributed by atoms with van der Waals surface area (Å²) in [5.74, 6) is 0. The molecule has 0 unspecified atom stereocenters. The van der Waals surface area contributed by atoms with E-state index in [0.29, 0.717) is 0 Å². The molecule has 0 radical (unpaired) electrons. The van der Waals surface area contributed by atoms with E-state index in [0.717, 1.165) is 39.0 Å². The lowest BCUT2D eigenvalue weighted by Crippen LogP contribution is -2.10. The molecule has 2 heterocycles. The lowest BCUT2D eigenvalue weighted by atomic mass is 9.94. The molecule has 0 spiro atoms. The molecule has 3 heteroatoms. The highest BCUT2D eigenvalue weighted by molar-refractivity contribution is 6.26. The van der Waals surface area contributed by atoms with Gasteiger partial charge in [0.05, 0.1) is 17.3 Å². The third kappa shape index (κ3) is 3.80. The maximum atomic E-state index is 6.28. The minimum absolute atomic E-state index is 0.783. The van der Waals surface area contributed by atoms with E-state index in [1.165, 1.54) is 43.4 Å². The van der Waals surface area contributed by atoms with Crippen molar-refractivity contribution in [3.05, 3.63) is 158 Å². The Morgan fingerprint density at radius 2 is 1.05 bits per heavy atom. The molecule has 206 valence electrons. The molecule has 3 nitrogen and oxygen atoms in total. The van der Waals surface area contributed by atoms with Crippen LogP contribution >= 0.6 is 0 Å². The molecule has 0 aliphatic carbocycles. The monoisotopic (exact) mass is 562 g/mol. The highest BCUT2D eigenvalue weighted by atomic mass is 16.3. The number of anilines is 3. The van der Waals surface area contributed by atoms with E-state index in [1.54, 1.807) is 6.20 Å². The third-order valence-electron chi connectivity index (χ3n) is 8.74. The number of hydrogen-bond acceptors (Lipinski definition) is 3. The Labute approximate surface area is 254 Å². The molecule has 0 aliphatic heterocycles. The van der Waals surface area contributed by atoms with Gasteiger partial charge in [-0.15, -0.1) is 0 Å². The second-order valence-corrected chi connectivity index (χ2v) is 11.2. The van der Waals surface area contributed by atoms with Crippen molar-refractivity contribution >= 4 is 71.3 Å². The summed E-state index contributed by atoms with van der Waals surface area (Å²) in [6.07, 6.45) is 3.63. The second kappa shape index (κ2) is 9.82. The Morgan fingerprint density at radius 1 is 0.432 bits per heavy atom. The second-order valence-electron chi connectivity index (χ2n) is 11.2. The number of hydrogen-bond donors (Lipinski definition) is 0. The fourth-order valence-corrected chi connectivity index (χ4v) is 6.74. The summed E-state index contributed by atoms with van der Waals surface area (Å²) in [5, 5.41) is 9.66. The Balaban J connectivity index is 1.33. The van der Waals surface area contributed by atoms with E-state index in [9.17, 15) is 0 Å². The van der Waals surface area contributed by atoms with E-state index in [2.05, 4.69) is 143 Å². The number of aromatic nitrogens is 1. The van der Waals surface area contributed by atoms with Crippen molar-refractivity contribution in [2.24, 2.45) is 0 Å². The van der Waals surface area contributed by atoms with E-state index in [1.807, 2.05) is 18.3 Å². The zero-order valence-corrected chi connectivity index (χ0v) is 23.8. The molecule has 0 amide bonds. The van der Waals surface area contributed by atoms with Crippen LogP contribution in [0.2, 0.25) is 0 Å². The van der Waals surface area contributed by atoms with Crippen molar-refractivity contribution in [1.29, 1.82) is 0 Å². The number of fused-ring (bicyclic) bond motifs is 9. The molecular weight excluding hydrogens is 536 g/mol. The minimum atomic E-state index is 0.783. The average molecular weight is 563 g/mol. The van der Waals surface area contributed by atoms with Crippen LogP contribution in [0.25, 0.3) is 65.4 Å². The van der Waals surface area contributed by atoms with Crippen molar-refractivity contribution in [3.8, 4) is 11.1 Å². The number of pyridine rings is 1. The van der Waals surface area contributed by atoms with Crippen LogP contribution in [0.3, 0.4) is 0 Å². The summed E-state index contributed by atoms with van der Waals surface area (Å²) >= 11 is 0. The minimum Gasteiger partial charge on any atom is -0.454 e. The predicted molar refractivity (Wildman–Crippen MR) is 184 cm³/mol. The molecule has 7 aromatic carbocycles. The van der Waals surface area contributed by atoms with Crippen LogP contribution in [0.5, 0.6) is 0 Å². The van der Waals surface area contributed by atoms with Crippen LogP contribution in [0.15, 0.2) is 162 Å². The molecule has 0 saturated carbocycles. The molecular formula is C41H26N2O. The van der Waals surface area contributed by atoms with Gasteiger partial charge in [-0.3, -0.25) is 4.98 Å². The third-order valence-corrected chi connectivity index (χ3v) is 8.74. The Bertz CT molecular complexity index is 2460. The van der Waals surface area contributed by atoms with Gasteiger partial charge in [0.2, 0.25) is 0 Å². The lowest BCUT2D eigenvalue weighted by Gasteiger charge is -2.27. The van der Waals surface area contributed by atoms with E-state index in [-0.39, 0.29) is 0 Å². The quantitative estimate of drug-likeness (QED) is 0.200. The molecule has 0 fully saturated rings. The molecule has 0 bridgehead atoms. The van der Waals surface area contributed by atoms with Gasteiger partial charge in [0, 0.05) is 23.0 Å². The van der Waals surface area contributed by atoms with Gasteiger partial charge in [0.1, 0.15) is 5.58 Å². The van der Waals surface area contributed by atoms with Crippen LogP contribution in [0, 0.1) is 0 Å². The standard InChI is InChI=1S/C41H26N2O/c1-2-9-27(10-3-1)28-17-19-29(20-18-28)43(38-15-8-16-39-41(38)36-23-24-42-26-40(36)44-39)30-21-22-35-33-13-5-4-11-31(33)32-12-6-7-14-34(32)37(35)25-30/h1-26H. The number of furan rings is 1. The predicted octanol–water partition coefficient (Wildman–Crippen LogP) is 11.6. The lowest BCUT2D eigenvalue weighted by molar-refractivity contribution is 0.667. The molecule has 2 aromatic heterocycles. The fourth-order valence-electron chi connectivity index (χ4n) is 6.74. The van der Waals surface area contributed by atoms with E-state index >= 15 is 0 Å². The first-order valence-corrected chi connectivity index (χ1v) is 14.9. The fraction of sp³-hybridized carbons (Fsp3) is 0. The highest BCUT2D eigenvalue weighted by Crippen LogP contribution is 2.45. The molecule has 44 heavy (non-hydrogen) atoms. The summed E-state index contributed by atoms with van der Waals surface area (Å²) in [5.41, 5.74) is 7.23. The van der Waals surface area contributed by atoms with Crippen LogP contribution in [-0.4, -0.2) is 4.98 Å². The van der Waals surface area contributed by atoms with Gasteiger partial charge >= 0.3 is 0 Å². The summed E-state index contributed by atoms with van der Waals surface area (Å²) in [6.45, 7) is 0. The van der Waals surface area contributed by atoms with Gasteiger partial charge in [0.25, 0.3) is 0 Å². The van der Waals surface area contributed by atoms with Gasteiger partial charge in [0.15, 0.2) is 5.58 Å². The molecule has 9 rings (SSSR count). The largest absolute Gasteiger partial charge is 0.454 e. The van der Waals surface area contributed by atoms with Gasteiger partial charge in [-0.05, 0) is 85.9 Å². The first kappa shape index (κ1) is 24.6. The van der Waals surface area contributed by atoms with Gasteiger partial charge in [-0.1, -0.05) is 103 Å². The number of rotatable bonds is 4. The molecule has 0 saturated heterocycles.